The first-order chi connectivity index (χ1) is 8.73. The summed E-state index contributed by atoms with van der Waals surface area (Å²) in [5.74, 6) is -1.24. The van der Waals surface area contributed by atoms with Gasteiger partial charge in [-0.1, -0.05) is 0 Å². The maximum atomic E-state index is 11.5. The topological polar surface area (TPSA) is 112 Å². The summed E-state index contributed by atoms with van der Waals surface area (Å²) in [6.45, 7) is 5.08. The van der Waals surface area contributed by atoms with Gasteiger partial charge < -0.3 is 9.84 Å². The summed E-state index contributed by atoms with van der Waals surface area (Å²) in [6.07, 6.45) is 0.287. The van der Waals surface area contributed by atoms with Crippen molar-refractivity contribution in [2.45, 2.75) is 26.4 Å². The maximum absolute atomic E-state index is 11.5. The lowest BCUT2D eigenvalue weighted by molar-refractivity contribution is 0.0634. The van der Waals surface area contributed by atoms with Gasteiger partial charge >= 0.3 is 12.1 Å². The summed E-state index contributed by atoms with van der Waals surface area (Å²) < 4.78 is 5.00. The van der Waals surface area contributed by atoms with Gasteiger partial charge in [0.25, 0.3) is 0 Å². The Bertz CT molecular complexity index is 555. The number of carboxylic acid groups (broad SMARTS) is 1. The number of ether oxygens (including phenoxy) is 1. The number of nitrogens with one attached hydrogen (secondary N) is 1. The van der Waals surface area contributed by atoms with Crippen LogP contribution in [0.15, 0.2) is 12.3 Å². The van der Waals surface area contributed by atoms with E-state index in [1.165, 1.54) is 0 Å². The molecule has 0 saturated carbocycles. The predicted molar refractivity (Wildman–Crippen MR) is 65.8 cm³/mol. The number of nitriles is 1. The number of hydrogen-bond donors (Lipinski definition) is 2. The highest BCUT2D eigenvalue weighted by atomic mass is 16.6. The molecule has 0 aliphatic rings. The number of nitrogens with zero attached hydrogens (tertiary/aromatic N) is 2. The Morgan fingerprint density at radius 2 is 2.11 bits per heavy atom. The molecule has 1 aromatic rings. The van der Waals surface area contributed by atoms with E-state index in [-0.39, 0.29) is 16.9 Å². The van der Waals surface area contributed by atoms with Gasteiger partial charge in [-0.15, -0.1) is 0 Å². The van der Waals surface area contributed by atoms with E-state index in [2.05, 4.69) is 10.3 Å². The molecule has 0 unspecified atom stereocenters. The van der Waals surface area contributed by atoms with Gasteiger partial charge in [0.2, 0.25) is 0 Å². The van der Waals surface area contributed by atoms with Crippen LogP contribution >= 0.6 is 0 Å². The standard InChI is InChI=1S/C12H13N3O4/c1-12(2,3)19-11(18)15-9-7(5-13)4-8(6-14-9)10(16)17/h4,6H,1-3H3,(H,16,17)(H,14,15,18). The van der Waals surface area contributed by atoms with E-state index in [1.807, 2.05) is 0 Å². The maximum Gasteiger partial charge on any atom is 0.413 e. The molecule has 0 bridgehead atoms. The summed E-state index contributed by atoms with van der Waals surface area (Å²) in [4.78, 5) is 26.0. The highest BCUT2D eigenvalue weighted by Crippen LogP contribution is 2.15. The van der Waals surface area contributed by atoms with Gasteiger partial charge in [0.1, 0.15) is 11.7 Å². The molecule has 0 radical (unpaired) electrons. The average Bonchev–Trinajstić information content (AvgIpc) is 2.26. The zero-order chi connectivity index (χ0) is 14.6. The smallest absolute Gasteiger partial charge is 0.413 e. The summed E-state index contributed by atoms with van der Waals surface area (Å²) >= 11 is 0. The molecule has 1 rings (SSSR count). The first-order valence-corrected chi connectivity index (χ1v) is 5.36. The first-order valence-electron chi connectivity index (χ1n) is 5.36. The van der Waals surface area contributed by atoms with Crippen LogP contribution in [0, 0.1) is 11.3 Å². The van der Waals surface area contributed by atoms with Crippen LogP contribution in [0.5, 0.6) is 0 Å². The number of carbonyl (C=O) groups excluding carboxylic acids is 1. The second kappa shape index (κ2) is 5.35. The molecule has 0 aliphatic carbocycles. The van der Waals surface area contributed by atoms with Crippen LogP contribution in [-0.4, -0.2) is 27.8 Å². The van der Waals surface area contributed by atoms with E-state index in [4.69, 9.17) is 15.1 Å². The predicted octanol–water partition coefficient (Wildman–Crippen LogP) is 2.00. The number of rotatable bonds is 2. The molecule has 0 atom stereocenters. The molecule has 0 saturated heterocycles. The highest BCUT2D eigenvalue weighted by molar-refractivity contribution is 5.90. The van der Waals surface area contributed by atoms with Crippen molar-refractivity contribution in [3.05, 3.63) is 23.4 Å². The molecule has 2 N–H and O–H groups in total. The van der Waals surface area contributed by atoms with Crippen LogP contribution in [0.2, 0.25) is 0 Å². The molecule has 0 fully saturated rings. The van der Waals surface area contributed by atoms with Crippen molar-refractivity contribution in [3.63, 3.8) is 0 Å². The number of hydrogen-bond acceptors (Lipinski definition) is 5. The second-order valence-electron chi connectivity index (χ2n) is 4.66. The summed E-state index contributed by atoms with van der Waals surface area (Å²) in [7, 11) is 0. The molecule has 100 valence electrons. The molecule has 1 amide bonds. The molecule has 1 heterocycles. The molecular weight excluding hydrogens is 250 g/mol. The Balaban J connectivity index is 2.94. The van der Waals surface area contributed by atoms with Gasteiger partial charge in [-0.2, -0.15) is 5.26 Å². The molecule has 7 nitrogen and oxygen atoms in total. The third kappa shape index (κ3) is 4.27. The van der Waals surface area contributed by atoms with E-state index in [0.717, 1.165) is 12.3 Å². The molecule has 0 aliphatic heterocycles. The molecule has 19 heavy (non-hydrogen) atoms. The van der Waals surface area contributed by atoms with Gasteiger partial charge in [0, 0.05) is 6.20 Å². The molecule has 0 aromatic carbocycles. The van der Waals surface area contributed by atoms with Crippen LogP contribution in [0.25, 0.3) is 0 Å². The Kier molecular flexibility index (Phi) is 4.07. The van der Waals surface area contributed by atoms with Gasteiger partial charge in [0.15, 0.2) is 5.82 Å². The minimum absolute atomic E-state index is 0.0400. The Hall–Kier alpha value is -2.62. The number of aromatic carboxylic acids is 1. The fraction of sp³-hybridized carbons (Fsp3) is 0.333. The Morgan fingerprint density at radius 3 is 2.58 bits per heavy atom. The van der Waals surface area contributed by atoms with Crippen molar-refractivity contribution < 1.29 is 19.4 Å². The third-order valence-electron chi connectivity index (χ3n) is 1.87. The van der Waals surface area contributed by atoms with Crippen molar-refractivity contribution >= 4 is 17.9 Å². The molecular formula is C12H13N3O4. The van der Waals surface area contributed by atoms with Crippen molar-refractivity contribution in [1.82, 2.24) is 4.98 Å². The van der Waals surface area contributed by atoms with E-state index >= 15 is 0 Å². The SMILES string of the molecule is CC(C)(C)OC(=O)Nc1ncc(C(=O)O)cc1C#N. The van der Waals surface area contributed by atoms with Crippen LogP contribution in [-0.2, 0) is 4.74 Å². The normalized spacial score (nSPS) is 10.4. The number of carbonyl (C=O) groups is 2. The molecule has 0 spiro atoms. The van der Waals surface area contributed by atoms with Gasteiger partial charge in [0.05, 0.1) is 11.1 Å². The fourth-order valence-electron chi connectivity index (χ4n) is 1.17. The third-order valence-corrected chi connectivity index (χ3v) is 1.87. The lowest BCUT2D eigenvalue weighted by Gasteiger charge is -2.19. The number of amides is 1. The second-order valence-corrected chi connectivity index (χ2v) is 4.66. The zero-order valence-electron chi connectivity index (χ0n) is 10.7. The summed E-state index contributed by atoms with van der Waals surface area (Å²) in [6, 6.07) is 2.89. The Morgan fingerprint density at radius 1 is 1.47 bits per heavy atom. The molecule has 7 heteroatoms. The highest BCUT2D eigenvalue weighted by Gasteiger charge is 2.18. The van der Waals surface area contributed by atoms with Crippen molar-refractivity contribution in [2.75, 3.05) is 5.32 Å². The van der Waals surface area contributed by atoms with E-state index in [9.17, 15) is 9.59 Å². The van der Waals surface area contributed by atoms with Gasteiger partial charge in [-0.05, 0) is 26.8 Å². The van der Waals surface area contributed by atoms with Crippen molar-refractivity contribution in [2.24, 2.45) is 0 Å². The number of anilines is 1. The average molecular weight is 263 g/mol. The van der Waals surface area contributed by atoms with Crippen LogP contribution in [0.3, 0.4) is 0 Å². The quantitative estimate of drug-likeness (QED) is 0.843. The van der Waals surface area contributed by atoms with Crippen LogP contribution < -0.4 is 5.32 Å². The number of pyridine rings is 1. The minimum atomic E-state index is -1.20. The monoisotopic (exact) mass is 263 g/mol. The number of carboxylic acids is 1. The molecule has 1 aromatic heterocycles. The van der Waals surface area contributed by atoms with E-state index in [1.54, 1.807) is 26.8 Å². The first kappa shape index (κ1) is 14.4. The zero-order valence-corrected chi connectivity index (χ0v) is 10.7. The summed E-state index contributed by atoms with van der Waals surface area (Å²) in [5.41, 5.74) is -0.866. The fourth-order valence-corrected chi connectivity index (χ4v) is 1.17. The van der Waals surface area contributed by atoms with Gasteiger partial charge in [-0.3, -0.25) is 5.32 Å². The van der Waals surface area contributed by atoms with Crippen LogP contribution in [0.1, 0.15) is 36.7 Å². The van der Waals surface area contributed by atoms with Crippen molar-refractivity contribution in [3.8, 4) is 6.07 Å². The number of aromatic nitrogens is 1. The van der Waals surface area contributed by atoms with Crippen LogP contribution in [0.4, 0.5) is 10.6 Å². The lowest BCUT2D eigenvalue weighted by Crippen LogP contribution is -2.27. The van der Waals surface area contributed by atoms with Crippen molar-refractivity contribution in [1.29, 1.82) is 5.26 Å². The lowest BCUT2D eigenvalue weighted by atomic mass is 10.2. The van der Waals surface area contributed by atoms with E-state index in [0.29, 0.717) is 0 Å². The van der Waals surface area contributed by atoms with E-state index < -0.39 is 17.7 Å². The van der Waals surface area contributed by atoms with Gasteiger partial charge in [-0.25, -0.2) is 14.6 Å². The Labute approximate surface area is 109 Å². The summed E-state index contributed by atoms with van der Waals surface area (Å²) in [5, 5.41) is 20.0. The largest absolute Gasteiger partial charge is 0.478 e. The minimum Gasteiger partial charge on any atom is -0.478 e.